The van der Waals surface area contributed by atoms with Gasteiger partial charge in [-0.05, 0) is 24.6 Å². The molecule has 0 amide bonds. The fourth-order valence-electron chi connectivity index (χ4n) is 1.87. The van der Waals surface area contributed by atoms with Crippen molar-refractivity contribution in [2.24, 2.45) is 0 Å². The first kappa shape index (κ1) is 15.3. The van der Waals surface area contributed by atoms with Crippen molar-refractivity contribution in [1.82, 2.24) is 0 Å². The number of hydrogen-bond donors (Lipinski definition) is 2. The molecular formula is C14H22N2O3. The van der Waals surface area contributed by atoms with E-state index in [0.29, 0.717) is 17.8 Å². The van der Waals surface area contributed by atoms with Gasteiger partial charge >= 0.3 is 5.97 Å². The van der Waals surface area contributed by atoms with Gasteiger partial charge in [-0.3, -0.25) is 0 Å². The lowest BCUT2D eigenvalue weighted by Gasteiger charge is -2.24. The Labute approximate surface area is 114 Å². The second-order valence-corrected chi connectivity index (χ2v) is 4.33. The van der Waals surface area contributed by atoms with Crippen LogP contribution in [0.25, 0.3) is 0 Å². The molecule has 0 atom stereocenters. The zero-order valence-corrected chi connectivity index (χ0v) is 11.6. The normalized spacial score (nSPS) is 10.3. The number of carbonyl (C=O) groups excluding carboxylic acids is 1. The Morgan fingerprint density at radius 3 is 2.74 bits per heavy atom. The molecule has 5 heteroatoms. The fraction of sp³-hybridized carbons (Fsp3) is 0.500. The molecule has 0 unspecified atom stereocenters. The lowest BCUT2D eigenvalue weighted by atomic mass is 10.1. The minimum absolute atomic E-state index is 0.0711. The van der Waals surface area contributed by atoms with E-state index in [4.69, 9.17) is 15.6 Å². The molecule has 0 aliphatic heterocycles. The number of rotatable bonds is 7. The second kappa shape index (κ2) is 7.63. The number of aliphatic hydroxyl groups excluding tert-OH is 1. The largest absolute Gasteiger partial charge is 0.465 e. The summed E-state index contributed by atoms with van der Waals surface area (Å²) >= 11 is 0. The molecule has 1 rings (SSSR count). The van der Waals surface area contributed by atoms with Crippen molar-refractivity contribution in [1.29, 1.82) is 0 Å². The van der Waals surface area contributed by atoms with Gasteiger partial charge in [0.25, 0.3) is 0 Å². The number of unbranched alkanes of at least 4 members (excludes halogenated alkanes) is 1. The van der Waals surface area contributed by atoms with Crippen LogP contribution >= 0.6 is 0 Å². The third kappa shape index (κ3) is 4.13. The molecular weight excluding hydrogens is 244 g/mol. The molecule has 0 saturated carbocycles. The van der Waals surface area contributed by atoms with Crippen molar-refractivity contribution in [2.45, 2.75) is 19.8 Å². The first-order valence-corrected chi connectivity index (χ1v) is 6.47. The summed E-state index contributed by atoms with van der Waals surface area (Å²) in [4.78, 5) is 13.6. The number of esters is 1. The molecule has 3 N–H and O–H groups in total. The van der Waals surface area contributed by atoms with Gasteiger partial charge in [0.05, 0.1) is 19.3 Å². The molecule has 0 fully saturated rings. The van der Waals surface area contributed by atoms with Gasteiger partial charge in [0.15, 0.2) is 0 Å². The van der Waals surface area contributed by atoms with Crippen molar-refractivity contribution in [3.8, 4) is 0 Å². The summed E-state index contributed by atoms with van der Waals surface area (Å²) in [6, 6.07) is 5.26. The van der Waals surface area contributed by atoms with Crippen molar-refractivity contribution in [3.05, 3.63) is 23.8 Å². The number of hydrogen-bond acceptors (Lipinski definition) is 5. The molecule has 0 radical (unpaired) electrons. The molecule has 5 nitrogen and oxygen atoms in total. The number of methoxy groups -OCH3 is 1. The zero-order valence-electron chi connectivity index (χ0n) is 11.6. The third-order valence-corrected chi connectivity index (χ3v) is 2.96. The minimum Gasteiger partial charge on any atom is -0.465 e. The van der Waals surface area contributed by atoms with E-state index in [2.05, 4.69) is 6.92 Å². The maximum absolute atomic E-state index is 11.6. The van der Waals surface area contributed by atoms with Gasteiger partial charge in [-0.25, -0.2) is 4.79 Å². The van der Waals surface area contributed by atoms with Gasteiger partial charge in [0, 0.05) is 24.5 Å². The summed E-state index contributed by atoms with van der Waals surface area (Å²) in [5, 5.41) is 9.12. The molecule has 0 bridgehead atoms. The van der Waals surface area contributed by atoms with Crippen LogP contribution in [0.4, 0.5) is 11.4 Å². The monoisotopic (exact) mass is 266 g/mol. The van der Waals surface area contributed by atoms with Gasteiger partial charge in [-0.1, -0.05) is 13.3 Å². The fourth-order valence-corrected chi connectivity index (χ4v) is 1.87. The molecule has 0 aliphatic carbocycles. The molecule has 0 heterocycles. The number of carbonyl (C=O) groups is 1. The van der Waals surface area contributed by atoms with Crippen LogP contribution in [0, 0.1) is 0 Å². The molecule has 0 aliphatic rings. The van der Waals surface area contributed by atoms with Crippen LogP contribution in [0.1, 0.15) is 30.1 Å². The predicted octanol–water partition coefficient (Wildman–Crippen LogP) is 1.65. The Morgan fingerprint density at radius 2 is 2.16 bits per heavy atom. The number of ether oxygens (including phenoxy) is 1. The van der Waals surface area contributed by atoms with Crippen LogP contribution in [0.15, 0.2) is 18.2 Å². The van der Waals surface area contributed by atoms with Gasteiger partial charge < -0.3 is 20.5 Å². The number of anilines is 2. The maximum Gasteiger partial charge on any atom is 0.340 e. The van der Waals surface area contributed by atoms with E-state index in [1.54, 1.807) is 12.1 Å². The highest BCUT2D eigenvalue weighted by Gasteiger charge is 2.13. The minimum atomic E-state index is -0.446. The van der Waals surface area contributed by atoms with Crippen molar-refractivity contribution in [3.63, 3.8) is 0 Å². The summed E-state index contributed by atoms with van der Waals surface area (Å²) in [6.07, 6.45) is 2.10. The number of nitrogens with two attached hydrogens (primary N) is 1. The first-order valence-electron chi connectivity index (χ1n) is 6.47. The lowest BCUT2D eigenvalue weighted by Crippen LogP contribution is -2.28. The van der Waals surface area contributed by atoms with E-state index < -0.39 is 5.97 Å². The van der Waals surface area contributed by atoms with E-state index in [-0.39, 0.29) is 6.61 Å². The smallest absolute Gasteiger partial charge is 0.340 e. The predicted molar refractivity (Wildman–Crippen MR) is 76.4 cm³/mol. The summed E-state index contributed by atoms with van der Waals surface area (Å²) in [6.45, 7) is 3.55. The Balaban J connectivity index is 2.99. The summed E-state index contributed by atoms with van der Waals surface area (Å²) < 4.78 is 4.71. The number of nitrogens with zero attached hydrogens (tertiary/aromatic N) is 1. The van der Waals surface area contributed by atoms with Gasteiger partial charge in [0.1, 0.15) is 0 Å². The van der Waals surface area contributed by atoms with Crippen LogP contribution in [-0.2, 0) is 4.74 Å². The van der Waals surface area contributed by atoms with E-state index in [0.717, 1.165) is 25.1 Å². The number of benzene rings is 1. The van der Waals surface area contributed by atoms with Gasteiger partial charge in [-0.15, -0.1) is 0 Å². The van der Waals surface area contributed by atoms with E-state index in [1.165, 1.54) is 7.11 Å². The average Bonchev–Trinajstić information content (AvgIpc) is 2.43. The maximum atomic E-state index is 11.6. The Bertz CT molecular complexity index is 421. The molecule has 1 aromatic carbocycles. The average molecular weight is 266 g/mol. The highest BCUT2D eigenvalue weighted by molar-refractivity contribution is 5.96. The van der Waals surface area contributed by atoms with E-state index in [9.17, 15) is 4.79 Å². The van der Waals surface area contributed by atoms with Crippen LogP contribution in [0.2, 0.25) is 0 Å². The van der Waals surface area contributed by atoms with Crippen LogP contribution in [0.5, 0.6) is 0 Å². The topological polar surface area (TPSA) is 75.8 Å². The van der Waals surface area contributed by atoms with Crippen molar-refractivity contribution >= 4 is 17.3 Å². The quantitative estimate of drug-likeness (QED) is 0.580. The molecule has 1 aromatic rings. The van der Waals surface area contributed by atoms with Crippen molar-refractivity contribution < 1.29 is 14.6 Å². The first-order chi connectivity index (χ1) is 9.13. The van der Waals surface area contributed by atoms with Crippen molar-refractivity contribution in [2.75, 3.05) is 37.4 Å². The summed E-state index contributed by atoms with van der Waals surface area (Å²) in [7, 11) is 1.33. The Kier molecular flexibility index (Phi) is 6.15. The van der Waals surface area contributed by atoms with E-state index in [1.807, 2.05) is 11.0 Å². The summed E-state index contributed by atoms with van der Waals surface area (Å²) in [5.41, 5.74) is 7.40. The van der Waals surface area contributed by atoms with Crippen LogP contribution in [0.3, 0.4) is 0 Å². The molecule has 19 heavy (non-hydrogen) atoms. The van der Waals surface area contributed by atoms with E-state index >= 15 is 0 Å². The number of aliphatic hydroxyl groups is 1. The third-order valence-electron chi connectivity index (χ3n) is 2.96. The van der Waals surface area contributed by atoms with Gasteiger partial charge in [-0.2, -0.15) is 0 Å². The van der Waals surface area contributed by atoms with Crippen LogP contribution < -0.4 is 10.6 Å². The molecule has 0 aromatic heterocycles. The second-order valence-electron chi connectivity index (χ2n) is 4.33. The zero-order chi connectivity index (χ0) is 14.3. The number of nitrogen functional groups attached to an aromatic ring is 1. The lowest BCUT2D eigenvalue weighted by molar-refractivity contribution is 0.0602. The Morgan fingerprint density at radius 1 is 1.42 bits per heavy atom. The molecule has 0 saturated heterocycles. The van der Waals surface area contributed by atoms with Gasteiger partial charge in [0.2, 0.25) is 0 Å². The SMILES string of the molecule is CCCCN(CCO)c1ccc(N)c(C(=O)OC)c1. The standard InChI is InChI=1S/C14H22N2O3/c1-3-4-7-16(8-9-17)11-5-6-13(15)12(10-11)14(18)19-2/h5-6,10,17H,3-4,7-9,15H2,1-2H3. The summed E-state index contributed by atoms with van der Waals surface area (Å²) in [5.74, 6) is -0.446. The highest BCUT2D eigenvalue weighted by atomic mass is 16.5. The Hall–Kier alpha value is -1.75. The highest BCUT2D eigenvalue weighted by Crippen LogP contribution is 2.22. The molecule has 0 spiro atoms. The molecule has 106 valence electrons. The van der Waals surface area contributed by atoms with Crippen LogP contribution in [-0.4, -0.2) is 37.9 Å².